The molecule has 0 saturated heterocycles. The van der Waals surface area contributed by atoms with Gasteiger partial charge in [-0.25, -0.2) is 5.06 Å². The van der Waals surface area contributed by atoms with Crippen molar-refractivity contribution in [1.82, 2.24) is 5.06 Å². The number of methoxy groups -OCH3 is 1. The maximum atomic E-state index is 11.3. The van der Waals surface area contributed by atoms with Crippen LogP contribution in [0.15, 0.2) is 60.7 Å². The molecule has 1 amide bonds. The molecule has 5 heteroatoms. The normalized spacial score (nSPS) is 9.65. The first kappa shape index (κ1) is 21.4. The quantitative estimate of drug-likeness (QED) is 0.563. The van der Waals surface area contributed by atoms with Gasteiger partial charge in [0, 0.05) is 19.9 Å². The molecule has 2 rings (SSSR count). The Balaban J connectivity index is 0.000000263. The van der Waals surface area contributed by atoms with Gasteiger partial charge < -0.3 is 4.74 Å². The summed E-state index contributed by atoms with van der Waals surface area (Å²) in [7, 11) is 4.51. The van der Waals surface area contributed by atoms with Crippen LogP contribution in [0.2, 0.25) is 0 Å². The molecule has 0 fully saturated rings. The smallest absolute Gasteiger partial charge is 0.305 e. The highest BCUT2D eigenvalue weighted by Gasteiger charge is 2.07. The average Bonchev–Trinajstić information content (AvgIpc) is 2.71. The van der Waals surface area contributed by atoms with Gasteiger partial charge in [-0.05, 0) is 24.0 Å². The molecule has 0 atom stereocenters. The maximum absolute atomic E-state index is 11.3. The van der Waals surface area contributed by atoms with Crippen molar-refractivity contribution >= 4 is 11.9 Å². The van der Waals surface area contributed by atoms with Crippen LogP contribution >= 0.6 is 0 Å². The molecular formula is C21H27NO4. The molecule has 0 aliphatic heterocycles. The van der Waals surface area contributed by atoms with Crippen molar-refractivity contribution in [2.45, 2.75) is 25.7 Å². The third-order valence-corrected chi connectivity index (χ3v) is 3.78. The topological polar surface area (TPSA) is 55.8 Å². The Morgan fingerprint density at radius 1 is 0.808 bits per heavy atom. The second kappa shape index (κ2) is 12.7. The Hall–Kier alpha value is -2.66. The van der Waals surface area contributed by atoms with Crippen LogP contribution in [0.5, 0.6) is 0 Å². The number of nitrogens with zero attached hydrogens (tertiary/aromatic N) is 1. The number of aryl methyl sites for hydroxylation is 2. The van der Waals surface area contributed by atoms with Crippen LogP contribution in [0.1, 0.15) is 24.0 Å². The molecule has 0 spiro atoms. The highest BCUT2D eigenvalue weighted by Crippen LogP contribution is 2.04. The lowest BCUT2D eigenvalue weighted by Crippen LogP contribution is -2.25. The van der Waals surface area contributed by atoms with Crippen molar-refractivity contribution in [3.63, 3.8) is 0 Å². The highest BCUT2D eigenvalue weighted by atomic mass is 16.7. The zero-order valence-electron chi connectivity index (χ0n) is 15.7. The summed E-state index contributed by atoms with van der Waals surface area (Å²) in [5.74, 6) is -0.157. The number of carbonyl (C=O) groups excluding carboxylic acids is 2. The van der Waals surface area contributed by atoms with Crippen LogP contribution in [0.3, 0.4) is 0 Å². The molecular weight excluding hydrogens is 330 g/mol. The fourth-order valence-corrected chi connectivity index (χ4v) is 2.15. The standard InChI is InChI=1S/C11H15NO2.C10H12O2/c1-12(14-2)11(13)9-8-10-6-4-3-5-7-10;1-12-10(11)8-7-9-5-3-2-4-6-9/h3-7H,8-9H2,1-2H3;2-6H,7-8H2,1H3. The molecule has 0 N–H and O–H groups in total. The fraction of sp³-hybridized carbons (Fsp3) is 0.333. The van der Waals surface area contributed by atoms with Crippen LogP contribution in [0.25, 0.3) is 0 Å². The first-order valence-corrected chi connectivity index (χ1v) is 8.52. The van der Waals surface area contributed by atoms with Crippen molar-refractivity contribution in [2.24, 2.45) is 0 Å². The molecule has 0 bridgehead atoms. The lowest BCUT2D eigenvalue weighted by atomic mass is 10.1. The molecule has 140 valence electrons. The van der Waals surface area contributed by atoms with E-state index in [1.165, 1.54) is 30.4 Å². The van der Waals surface area contributed by atoms with E-state index in [-0.39, 0.29) is 11.9 Å². The molecule has 0 aromatic heterocycles. The third kappa shape index (κ3) is 8.99. The van der Waals surface area contributed by atoms with Crippen LogP contribution in [-0.2, 0) is 32.0 Å². The number of carbonyl (C=O) groups is 2. The van der Waals surface area contributed by atoms with Crippen LogP contribution < -0.4 is 0 Å². The molecule has 0 aliphatic carbocycles. The Morgan fingerprint density at radius 2 is 1.27 bits per heavy atom. The van der Waals surface area contributed by atoms with Crippen molar-refractivity contribution in [2.75, 3.05) is 21.3 Å². The Bertz CT molecular complexity index is 644. The first-order chi connectivity index (χ1) is 12.6. The fourth-order valence-electron chi connectivity index (χ4n) is 2.15. The first-order valence-electron chi connectivity index (χ1n) is 8.52. The van der Waals surface area contributed by atoms with E-state index in [0.717, 1.165) is 12.8 Å². The van der Waals surface area contributed by atoms with Gasteiger partial charge in [-0.1, -0.05) is 60.7 Å². The summed E-state index contributed by atoms with van der Waals surface area (Å²) in [6, 6.07) is 19.8. The second-order valence-electron chi connectivity index (χ2n) is 5.62. The molecule has 2 aromatic carbocycles. The molecule has 0 radical (unpaired) electrons. The van der Waals surface area contributed by atoms with Crippen molar-refractivity contribution in [3.8, 4) is 0 Å². The predicted molar refractivity (Wildman–Crippen MR) is 101 cm³/mol. The third-order valence-electron chi connectivity index (χ3n) is 3.78. The van der Waals surface area contributed by atoms with Gasteiger partial charge >= 0.3 is 5.97 Å². The van der Waals surface area contributed by atoms with Crippen molar-refractivity contribution in [3.05, 3.63) is 71.8 Å². The number of hydroxylamine groups is 2. The largest absolute Gasteiger partial charge is 0.469 e. The molecule has 0 unspecified atom stereocenters. The zero-order valence-corrected chi connectivity index (χ0v) is 15.7. The van der Waals surface area contributed by atoms with Gasteiger partial charge in [0.15, 0.2) is 0 Å². The SMILES string of the molecule is COC(=O)CCc1ccccc1.CON(C)C(=O)CCc1ccccc1. The number of benzene rings is 2. The van der Waals surface area contributed by atoms with E-state index in [4.69, 9.17) is 4.84 Å². The zero-order chi connectivity index (χ0) is 19.2. The number of hydrogen-bond donors (Lipinski definition) is 0. The molecule has 0 aliphatic rings. The Kier molecular flexibility index (Phi) is 10.4. The summed E-state index contributed by atoms with van der Waals surface area (Å²) in [6.07, 6.45) is 2.45. The molecule has 0 heterocycles. The van der Waals surface area contributed by atoms with Gasteiger partial charge in [0.2, 0.25) is 5.91 Å². The number of esters is 1. The molecule has 2 aromatic rings. The van der Waals surface area contributed by atoms with E-state index in [1.807, 2.05) is 60.7 Å². The molecule has 5 nitrogen and oxygen atoms in total. The monoisotopic (exact) mass is 357 g/mol. The van der Waals surface area contributed by atoms with Gasteiger partial charge in [-0.3, -0.25) is 14.4 Å². The molecule has 26 heavy (non-hydrogen) atoms. The van der Waals surface area contributed by atoms with E-state index >= 15 is 0 Å². The van der Waals surface area contributed by atoms with E-state index in [2.05, 4.69) is 4.74 Å². The number of ether oxygens (including phenoxy) is 1. The average molecular weight is 357 g/mol. The minimum atomic E-state index is -0.154. The van der Waals surface area contributed by atoms with Crippen LogP contribution in [0.4, 0.5) is 0 Å². The van der Waals surface area contributed by atoms with Crippen molar-refractivity contribution < 1.29 is 19.2 Å². The number of hydrogen-bond acceptors (Lipinski definition) is 4. The summed E-state index contributed by atoms with van der Waals surface area (Å²) >= 11 is 0. The highest BCUT2D eigenvalue weighted by molar-refractivity contribution is 5.75. The minimum Gasteiger partial charge on any atom is -0.469 e. The summed E-state index contributed by atoms with van der Waals surface area (Å²) in [4.78, 5) is 26.9. The number of rotatable bonds is 7. The predicted octanol–water partition coefficient (Wildman–Crippen LogP) is 3.43. The summed E-state index contributed by atoms with van der Waals surface area (Å²) in [5.41, 5.74) is 2.34. The van der Waals surface area contributed by atoms with Gasteiger partial charge in [0.1, 0.15) is 0 Å². The Labute approximate surface area is 155 Å². The minimum absolute atomic E-state index is 0.00338. The maximum Gasteiger partial charge on any atom is 0.305 e. The summed E-state index contributed by atoms with van der Waals surface area (Å²) in [5, 5.41) is 1.25. The summed E-state index contributed by atoms with van der Waals surface area (Å²) < 4.78 is 4.53. The Morgan fingerprint density at radius 3 is 1.69 bits per heavy atom. The van der Waals surface area contributed by atoms with E-state index in [1.54, 1.807) is 7.05 Å². The lowest BCUT2D eigenvalue weighted by Gasteiger charge is -2.13. The van der Waals surface area contributed by atoms with Crippen molar-refractivity contribution in [1.29, 1.82) is 0 Å². The van der Waals surface area contributed by atoms with Gasteiger partial charge in [0.05, 0.1) is 14.2 Å². The van der Waals surface area contributed by atoms with Gasteiger partial charge in [-0.2, -0.15) is 0 Å². The summed E-state index contributed by atoms with van der Waals surface area (Å²) in [6.45, 7) is 0. The lowest BCUT2D eigenvalue weighted by molar-refractivity contribution is -0.168. The van der Waals surface area contributed by atoms with Gasteiger partial charge in [-0.15, -0.1) is 0 Å². The van der Waals surface area contributed by atoms with E-state index in [0.29, 0.717) is 12.8 Å². The van der Waals surface area contributed by atoms with Gasteiger partial charge in [0.25, 0.3) is 0 Å². The van der Waals surface area contributed by atoms with E-state index in [9.17, 15) is 9.59 Å². The van der Waals surface area contributed by atoms with Crippen LogP contribution in [0, 0.1) is 0 Å². The molecule has 0 saturated carbocycles. The number of amides is 1. The van der Waals surface area contributed by atoms with E-state index < -0.39 is 0 Å². The second-order valence-corrected chi connectivity index (χ2v) is 5.62. The van der Waals surface area contributed by atoms with Crippen LogP contribution in [-0.4, -0.2) is 38.2 Å².